The van der Waals surface area contributed by atoms with Gasteiger partial charge in [-0.25, -0.2) is 0 Å². The zero-order chi connectivity index (χ0) is 17.6. The molecule has 0 saturated carbocycles. The molecule has 25 heavy (non-hydrogen) atoms. The van der Waals surface area contributed by atoms with Crippen LogP contribution in [-0.4, -0.2) is 16.2 Å². The average molecular weight is 337 g/mol. The van der Waals surface area contributed by atoms with E-state index in [1.54, 1.807) is 0 Å². The molecule has 0 bridgehead atoms. The van der Waals surface area contributed by atoms with Crippen molar-refractivity contribution in [3.05, 3.63) is 72.0 Å². The fraction of sp³-hybridized carbons (Fsp3) is 0.200. The average Bonchev–Trinajstić information content (AvgIpc) is 3.10. The van der Waals surface area contributed by atoms with Crippen molar-refractivity contribution in [1.29, 1.82) is 0 Å². The normalized spacial score (nSPS) is 11.9. The van der Waals surface area contributed by atoms with Gasteiger partial charge in [0.15, 0.2) is 5.76 Å². The molecule has 1 atom stereocenters. The first kappa shape index (κ1) is 16.8. The van der Waals surface area contributed by atoms with Crippen LogP contribution in [0.4, 0.5) is 0 Å². The predicted molar refractivity (Wildman–Crippen MR) is 93.4 cm³/mol. The molecule has 3 aromatic rings. The van der Waals surface area contributed by atoms with Gasteiger partial charge in [-0.05, 0) is 23.6 Å². The van der Waals surface area contributed by atoms with Gasteiger partial charge < -0.3 is 14.4 Å². The number of ether oxygens (including phenoxy) is 1. The molecule has 1 aromatic heterocycles. The van der Waals surface area contributed by atoms with E-state index in [-0.39, 0.29) is 18.9 Å². The summed E-state index contributed by atoms with van der Waals surface area (Å²) in [6, 6.07) is 19.1. The lowest BCUT2D eigenvalue weighted by Crippen LogP contribution is -2.02. The highest BCUT2D eigenvalue weighted by Gasteiger charge is 2.11. The Morgan fingerprint density at radius 1 is 1.16 bits per heavy atom. The molecule has 0 spiro atoms. The lowest BCUT2D eigenvalue weighted by Gasteiger charge is -2.10. The number of aromatic nitrogens is 1. The van der Waals surface area contributed by atoms with Crippen LogP contribution in [0.15, 0.2) is 65.2 Å². The summed E-state index contributed by atoms with van der Waals surface area (Å²) in [5, 5.41) is 12.9. The van der Waals surface area contributed by atoms with Gasteiger partial charge in [0.25, 0.3) is 0 Å². The zero-order valence-electron chi connectivity index (χ0n) is 13.9. The van der Waals surface area contributed by atoms with Crippen LogP contribution in [0.3, 0.4) is 0 Å². The molecule has 5 heteroatoms. The topological polar surface area (TPSA) is 72.6 Å². The van der Waals surface area contributed by atoms with Crippen molar-refractivity contribution in [2.45, 2.75) is 25.9 Å². The highest BCUT2D eigenvalue weighted by atomic mass is 16.5. The molecule has 3 rings (SSSR count). The van der Waals surface area contributed by atoms with E-state index in [0.717, 1.165) is 16.8 Å². The first-order valence-electron chi connectivity index (χ1n) is 8.07. The standard InChI is InChI=1S/C20H19NO4/c1-14(11-20(22)23)15-7-9-17(10-8-15)24-13-18-12-19(21-25-18)16-5-3-2-4-6-16/h2-10,12,14H,11,13H2,1H3,(H,22,23). The van der Waals surface area contributed by atoms with Crippen LogP contribution in [0.2, 0.25) is 0 Å². The maximum absolute atomic E-state index is 10.8. The molecule has 0 aliphatic rings. The van der Waals surface area contributed by atoms with Crippen molar-refractivity contribution in [2.24, 2.45) is 0 Å². The van der Waals surface area contributed by atoms with Crippen molar-refractivity contribution in [3.8, 4) is 17.0 Å². The number of carboxylic acids is 1. The van der Waals surface area contributed by atoms with Gasteiger partial charge in [0.2, 0.25) is 0 Å². The van der Waals surface area contributed by atoms with Crippen molar-refractivity contribution in [3.63, 3.8) is 0 Å². The Hall–Kier alpha value is -3.08. The summed E-state index contributed by atoms with van der Waals surface area (Å²) >= 11 is 0. The van der Waals surface area contributed by atoms with E-state index >= 15 is 0 Å². The van der Waals surface area contributed by atoms with Gasteiger partial charge in [0.05, 0.1) is 6.42 Å². The summed E-state index contributed by atoms with van der Waals surface area (Å²) in [7, 11) is 0. The largest absolute Gasteiger partial charge is 0.486 e. The van der Waals surface area contributed by atoms with E-state index in [4.69, 9.17) is 14.4 Å². The highest BCUT2D eigenvalue weighted by molar-refractivity contribution is 5.68. The van der Waals surface area contributed by atoms with E-state index in [2.05, 4.69) is 5.16 Å². The van der Waals surface area contributed by atoms with E-state index < -0.39 is 5.97 Å². The number of hydrogen-bond acceptors (Lipinski definition) is 4. The Kier molecular flexibility index (Phi) is 5.14. The summed E-state index contributed by atoms with van der Waals surface area (Å²) in [4.78, 5) is 10.8. The maximum Gasteiger partial charge on any atom is 0.303 e. The second-order valence-corrected chi connectivity index (χ2v) is 5.90. The third kappa shape index (κ3) is 4.47. The Morgan fingerprint density at radius 2 is 1.88 bits per heavy atom. The highest BCUT2D eigenvalue weighted by Crippen LogP contribution is 2.23. The van der Waals surface area contributed by atoms with Crippen LogP contribution < -0.4 is 4.74 Å². The molecular formula is C20H19NO4. The van der Waals surface area contributed by atoms with Crippen LogP contribution >= 0.6 is 0 Å². The number of aliphatic carboxylic acids is 1. The van der Waals surface area contributed by atoms with Gasteiger partial charge in [-0.1, -0.05) is 54.5 Å². The molecule has 0 aliphatic heterocycles. The van der Waals surface area contributed by atoms with Crippen molar-refractivity contribution in [1.82, 2.24) is 5.16 Å². The molecule has 0 radical (unpaired) electrons. The third-order valence-electron chi connectivity index (χ3n) is 3.94. The van der Waals surface area contributed by atoms with E-state index in [1.165, 1.54) is 0 Å². The Balaban J connectivity index is 1.59. The van der Waals surface area contributed by atoms with Gasteiger partial charge in [-0.15, -0.1) is 0 Å². The zero-order valence-corrected chi connectivity index (χ0v) is 13.9. The molecule has 1 heterocycles. The lowest BCUT2D eigenvalue weighted by atomic mass is 9.98. The van der Waals surface area contributed by atoms with Crippen LogP contribution in [0.25, 0.3) is 11.3 Å². The van der Waals surface area contributed by atoms with E-state index in [9.17, 15) is 4.79 Å². The summed E-state index contributed by atoms with van der Waals surface area (Å²) in [5.74, 6) is 0.507. The lowest BCUT2D eigenvalue weighted by molar-refractivity contribution is -0.137. The fourth-order valence-electron chi connectivity index (χ4n) is 2.55. The summed E-state index contributed by atoms with van der Waals surface area (Å²) in [6.45, 7) is 2.17. The number of hydrogen-bond donors (Lipinski definition) is 1. The Labute approximate surface area is 145 Å². The molecule has 128 valence electrons. The predicted octanol–water partition coefficient (Wildman–Crippen LogP) is 4.50. The fourth-order valence-corrected chi connectivity index (χ4v) is 2.55. The summed E-state index contributed by atoms with van der Waals surface area (Å²) in [5.41, 5.74) is 2.74. The molecule has 0 saturated heterocycles. The number of carboxylic acid groups (broad SMARTS) is 1. The molecule has 1 N–H and O–H groups in total. The number of rotatable bonds is 7. The molecular weight excluding hydrogens is 318 g/mol. The SMILES string of the molecule is CC(CC(=O)O)c1ccc(OCc2cc(-c3ccccc3)no2)cc1. The number of nitrogens with zero attached hydrogens (tertiary/aromatic N) is 1. The summed E-state index contributed by atoms with van der Waals surface area (Å²) < 4.78 is 11.0. The molecule has 1 unspecified atom stereocenters. The van der Waals surface area contributed by atoms with Crippen molar-refractivity contribution < 1.29 is 19.2 Å². The molecule has 0 aliphatic carbocycles. The van der Waals surface area contributed by atoms with Crippen molar-refractivity contribution in [2.75, 3.05) is 0 Å². The Morgan fingerprint density at radius 3 is 2.56 bits per heavy atom. The summed E-state index contributed by atoms with van der Waals surface area (Å²) in [6.07, 6.45) is 0.112. The molecule has 5 nitrogen and oxygen atoms in total. The van der Waals surface area contributed by atoms with Crippen LogP contribution in [0.5, 0.6) is 5.75 Å². The molecule has 2 aromatic carbocycles. The molecule has 0 amide bonds. The second kappa shape index (κ2) is 7.66. The Bertz CT molecular complexity index is 824. The first-order chi connectivity index (χ1) is 12.1. The minimum atomic E-state index is -0.799. The van der Waals surface area contributed by atoms with Crippen LogP contribution in [0, 0.1) is 0 Å². The van der Waals surface area contributed by atoms with Gasteiger partial charge in [0.1, 0.15) is 18.1 Å². The van der Waals surface area contributed by atoms with E-state index in [1.807, 2.05) is 67.6 Å². The second-order valence-electron chi connectivity index (χ2n) is 5.90. The van der Waals surface area contributed by atoms with Gasteiger partial charge in [0, 0.05) is 11.6 Å². The van der Waals surface area contributed by atoms with Gasteiger partial charge in [-0.3, -0.25) is 4.79 Å². The quantitative estimate of drug-likeness (QED) is 0.687. The number of carbonyl (C=O) groups is 1. The van der Waals surface area contributed by atoms with Crippen molar-refractivity contribution >= 4 is 5.97 Å². The maximum atomic E-state index is 10.8. The first-order valence-corrected chi connectivity index (χ1v) is 8.07. The minimum absolute atomic E-state index is 0.0331. The van der Waals surface area contributed by atoms with Crippen LogP contribution in [0.1, 0.15) is 30.6 Å². The smallest absolute Gasteiger partial charge is 0.303 e. The van der Waals surface area contributed by atoms with Gasteiger partial charge in [-0.2, -0.15) is 0 Å². The van der Waals surface area contributed by atoms with Crippen LogP contribution in [-0.2, 0) is 11.4 Å². The van der Waals surface area contributed by atoms with E-state index in [0.29, 0.717) is 11.5 Å². The molecule has 0 fully saturated rings. The van der Waals surface area contributed by atoms with Gasteiger partial charge >= 0.3 is 5.97 Å². The third-order valence-corrected chi connectivity index (χ3v) is 3.94. The minimum Gasteiger partial charge on any atom is -0.486 e. The monoisotopic (exact) mass is 337 g/mol. The number of benzene rings is 2.